The minimum Gasteiger partial charge on any atom is -0.349 e. The van der Waals surface area contributed by atoms with Crippen LogP contribution < -0.4 is 5.32 Å². The number of nitrogens with one attached hydrogen (secondary N) is 1. The van der Waals surface area contributed by atoms with E-state index in [9.17, 15) is 0 Å². The van der Waals surface area contributed by atoms with E-state index in [0.717, 1.165) is 17.4 Å². The minimum atomic E-state index is 0.648. The monoisotopic (exact) mass is 181 g/mol. The van der Waals surface area contributed by atoms with Gasteiger partial charge in [0.25, 0.3) is 0 Å². The van der Waals surface area contributed by atoms with Crippen LogP contribution in [0.4, 0.5) is 5.13 Å². The van der Waals surface area contributed by atoms with Crippen LogP contribution in [0.2, 0.25) is 0 Å². The number of hydrogen-bond donors (Lipinski definition) is 1. The van der Waals surface area contributed by atoms with Gasteiger partial charge in [-0.3, -0.25) is 0 Å². The summed E-state index contributed by atoms with van der Waals surface area (Å²) in [5.41, 5.74) is 0. The molecule has 0 radical (unpaired) electrons. The second kappa shape index (κ2) is 4.73. The Morgan fingerprint density at radius 2 is 2.42 bits per heavy atom. The maximum Gasteiger partial charge on any atom is 0.203 e. The molecule has 0 atom stereocenters. The predicted octanol–water partition coefficient (Wildman–Crippen LogP) is 1.54. The Balaban J connectivity index is 2.45. The fourth-order valence-corrected chi connectivity index (χ4v) is 1.32. The van der Waals surface area contributed by atoms with E-state index in [1.807, 2.05) is 13.8 Å². The van der Waals surface area contributed by atoms with Crippen LogP contribution in [0.3, 0.4) is 0 Å². The van der Waals surface area contributed by atoms with Crippen molar-refractivity contribution in [3.8, 4) is 11.8 Å². The average Bonchev–Trinajstić information content (AvgIpc) is 2.53. The highest BCUT2D eigenvalue weighted by Gasteiger charge is 1.98. The molecule has 0 aliphatic carbocycles. The highest BCUT2D eigenvalue weighted by atomic mass is 32.1. The van der Waals surface area contributed by atoms with E-state index in [0.29, 0.717) is 6.54 Å². The van der Waals surface area contributed by atoms with Crippen LogP contribution in [0.5, 0.6) is 0 Å². The van der Waals surface area contributed by atoms with E-state index in [4.69, 9.17) is 0 Å². The maximum atomic E-state index is 4.23. The second-order valence-electron chi connectivity index (χ2n) is 2.15. The van der Waals surface area contributed by atoms with Crippen LogP contribution in [0.1, 0.15) is 19.7 Å². The van der Waals surface area contributed by atoms with Crippen molar-refractivity contribution < 1.29 is 0 Å². The molecule has 0 spiro atoms. The summed E-state index contributed by atoms with van der Waals surface area (Å²) in [7, 11) is 0. The van der Waals surface area contributed by atoms with Crippen LogP contribution in [0.25, 0.3) is 0 Å². The van der Waals surface area contributed by atoms with Crippen LogP contribution in [0, 0.1) is 11.8 Å². The molecular formula is C8H11N3S. The van der Waals surface area contributed by atoms with E-state index < -0.39 is 0 Å². The zero-order chi connectivity index (χ0) is 8.81. The number of nitrogens with zero attached hydrogens (tertiary/aromatic N) is 2. The lowest BCUT2D eigenvalue weighted by Gasteiger charge is -1.91. The van der Waals surface area contributed by atoms with Gasteiger partial charge in [-0.05, 0) is 6.92 Å². The summed E-state index contributed by atoms with van der Waals surface area (Å²) < 4.78 is 4.13. The molecule has 0 fully saturated rings. The highest BCUT2D eigenvalue weighted by Crippen LogP contribution is 2.09. The van der Waals surface area contributed by atoms with Gasteiger partial charge in [-0.1, -0.05) is 12.8 Å². The summed E-state index contributed by atoms with van der Waals surface area (Å²) >= 11 is 1.38. The molecule has 1 rings (SSSR count). The number of anilines is 1. The molecule has 0 saturated heterocycles. The van der Waals surface area contributed by atoms with Gasteiger partial charge in [-0.25, -0.2) is 4.98 Å². The molecule has 0 unspecified atom stereocenters. The first-order chi connectivity index (χ1) is 5.86. The predicted molar refractivity (Wildman–Crippen MR) is 51.2 cm³/mol. The number of aromatic nitrogens is 2. The van der Waals surface area contributed by atoms with Gasteiger partial charge in [0.05, 0.1) is 6.54 Å². The molecule has 1 heterocycles. The van der Waals surface area contributed by atoms with E-state index in [2.05, 4.69) is 26.5 Å². The number of hydrogen-bond acceptors (Lipinski definition) is 4. The van der Waals surface area contributed by atoms with Gasteiger partial charge in [0.1, 0.15) is 5.82 Å². The van der Waals surface area contributed by atoms with Crippen molar-refractivity contribution in [2.45, 2.75) is 20.3 Å². The standard InChI is InChI=1S/C8H11N3S/c1-3-5-6-9-8-10-7(4-2)11-12-8/h4,6H2,1-2H3,(H,9,10,11). The summed E-state index contributed by atoms with van der Waals surface area (Å²) in [6.07, 6.45) is 0.887. The van der Waals surface area contributed by atoms with Gasteiger partial charge < -0.3 is 5.32 Å². The molecular weight excluding hydrogens is 170 g/mol. The van der Waals surface area contributed by atoms with Crippen molar-refractivity contribution >= 4 is 16.7 Å². The molecule has 1 N–H and O–H groups in total. The maximum absolute atomic E-state index is 4.23. The van der Waals surface area contributed by atoms with Crippen molar-refractivity contribution in [2.24, 2.45) is 0 Å². The quantitative estimate of drug-likeness (QED) is 0.719. The molecule has 4 heteroatoms. The zero-order valence-electron chi connectivity index (χ0n) is 7.22. The minimum absolute atomic E-state index is 0.648. The van der Waals surface area contributed by atoms with E-state index in [-0.39, 0.29) is 0 Å². The van der Waals surface area contributed by atoms with Gasteiger partial charge in [0, 0.05) is 18.0 Å². The first kappa shape index (κ1) is 9.01. The van der Waals surface area contributed by atoms with Crippen molar-refractivity contribution in [1.82, 2.24) is 9.36 Å². The number of aryl methyl sites for hydroxylation is 1. The summed E-state index contributed by atoms with van der Waals surface area (Å²) in [5.74, 6) is 6.60. The Morgan fingerprint density at radius 3 is 3.00 bits per heavy atom. The van der Waals surface area contributed by atoms with Crippen LogP contribution >= 0.6 is 11.5 Å². The molecule has 1 aromatic rings. The first-order valence-electron chi connectivity index (χ1n) is 3.83. The molecule has 0 bridgehead atoms. The van der Waals surface area contributed by atoms with Gasteiger partial charge in [0.2, 0.25) is 5.13 Å². The Kier molecular flexibility index (Phi) is 3.55. The van der Waals surface area contributed by atoms with E-state index in [1.165, 1.54) is 11.5 Å². The van der Waals surface area contributed by atoms with E-state index in [1.54, 1.807) is 0 Å². The van der Waals surface area contributed by atoms with Gasteiger partial charge >= 0.3 is 0 Å². The molecule has 0 aliphatic heterocycles. The number of rotatable bonds is 3. The lowest BCUT2D eigenvalue weighted by Crippen LogP contribution is -1.97. The SMILES string of the molecule is CC#CCNc1nc(CC)ns1. The fraction of sp³-hybridized carbons (Fsp3) is 0.500. The third-order valence-electron chi connectivity index (χ3n) is 1.29. The lowest BCUT2D eigenvalue weighted by atomic mass is 10.5. The topological polar surface area (TPSA) is 37.8 Å². The molecule has 1 aromatic heterocycles. The molecule has 0 saturated carbocycles. The Bertz CT molecular complexity index is 295. The lowest BCUT2D eigenvalue weighted by molar-refractivity contribution is 0.998. The van der Waals surface area contributed by atoms with Crippen LogP contribution in [-0.4, -0.2) is 15.9 Å². The van der Waals surface area contributed by atoms with Crippen LogP contribution in [-0.2, 0) is 6.42 Å². The Labute approximate surface area is 76.4 Å². The smallest absolute Gasteiger partial charge is 0.203 e. The normalized spacial score (nSPS) is 8.83. The largest absolute Gasteiger partial charge is 0.349 e. The first-order valence-corrected chi connectivity index (χ1v) is 4.60. The third kappa shape index (κ3) is 2.51. The van der Waals surface area contributed by atoms with Crippen LogP contribution in [0.15, 0.2) is 0 Å². The van der Waals surface area contributed by atoms with Gasteiger partial charge in [0.15, 0.2) is 0 Å². The molecule has 0 aliphatic rings. The third-order valence-corrected chi connectivity index (χ3v) is 2.00. The summed E-state index contributed by atoms with van der Waals surface area (Å²) in [5, 5.41) is 3.93. The van der Waals surface area contributed by atoms with E-state index >= 15 is 0 Å². The Hall–Kier alpha value is -1.08. The van der Waals surface area contributed by atoms with Crippen molar-refractivity contribution in [3.05, 3.63) is 5.82 Å². The fourth-order valence-electron chi connectivity index (χ4n) is 0.678. The second-order valence-corrected chi connectivity index (χ2v) is 2.90. The highest BCUT2D eigenvalue weighted by molar-refractivity contribution is 7.09. The van der Waals surface area contributed by atoms with Gasteiger partial charge in [-0.15, -0.1) is 5.92 Å². The van der Waals surface area contributed by atoms with Gasteiger partial charge in [-0.2, -0.15) is 4.37 Å². The molecule has 12 heavy (non-hydrogen) atoms. The van der Waals surface area contributed by atoms with Crippen molar-refractivity contribution in [3.63, 3.8) is 0 Å². The summed E-state index contributed by atoms with van der Waals surface area (Å²) in [4.78, 5) is 4.23. The van der Waals surface area contributed by atoms with Crippen molar-refractivity contribution in [1.29, 1.82) is 0 Å². The molecule has 3 nitrogen and oxygen atoms in total. The Morgan fingerprint density at radius 1 is 1.58 bits per heavy atom. The zero-order valence-corrected chi connectivity index (χ0v) is 8.03. The molecule has 0 aromatic carbocycles. The molecule has 0 amide bonds. The molecule has 64 valence electrons. The average molecular weight is 181 g/mol. The van der Waals surface area contributed by atoms with Crippen molar-refractivity contribution in [2.75, 3.05) is 11.9 Å². The summed E-state index contributed by atoms with van der Waals surface area (Å²) in [6.45, 7) is 4.51. The summed E-state index contributed by atoms with van der Waals surface area (Å²) in [6, 6.07) is 0.